The Morgan fingerprint density at radius 3 is 2.64 bits per heavy atom. The molecule has 0 spiro atoms. The van der Waals surface area contributed by atoms with Crippen LogP contribution in [0.2, 0.25) is 0 Å². The molecule has 0 radical (unpaired) electrons. The van der Waals surface area contributed by atoms with Gasteiger partial charge in [-0.05, 0) is 37.6 Å². The number of anilines is 1. The average Bonchev–Trinajstić information content (AvgIpc) is 2.82. The number of nitrogens with two attached hydrogens (primary N) is 1. The van der Waals surface area contributed by atoms with Gasteiger partial charge in [0.15, 0.2) is 17.3 Å². The van der Waals surface area contributed by atoms with Gasteiger partial charge in [-0.3, -0.25) is 4.79 Å². The number of aryl methyl sites for hydroxylation is 1. The highest BCUT2D eigenvalue weighted by molar-refractivity contribution is 5.85. The van der Waals surface area contributed by atoms with E-state index in [1.807, 2.05) is 6.92 Å². The van der Waals surface area contributed by atoms with Gasteiger partial charge in [-0.25, -0.2) is 10.1 Å². The average molecular weight is 391 g/mol. The Balaban J connectivity index is 0.00000288. The summed E-state index contributed by atoms with van der Waals surface area (Å²) in [4.78, 5) is 11.1. The molecule has 2 aromatic rings. The first-order valence-electron chi connectivity index (χ1n) is 6.92. The second kappa shape index (κ2) is 10.4. The molecule has 1 aromatic heterocycles. The maximum atomic E-state index is 11.1. The zero-order valence-corrected chi connectivity index (χ0v) is 15.6. The Bertz CT molecular complexity index is 735. The Morgan fingerprint density at radius 2 is 2.08 bits per heavy atom. The minimum atomic E-state index is -0.410. The summed E-state index contributed by atoms with van der Waals surface area (Å²) in [6.45, 7) is 5.35. The van der Waals surface area contributed by atoms with Gasteiger partial charge in [-0.2, -0.15) is 5.10 Å². The molecule has 0 atom stereocenters. The van der Waals surface area contributed by atoms with E-state index in [-0.39, 0.29) is 24.8 Å². The standard InChI is InChI=1S/C14H18N6O3.2ClH/c1-4-22-13-7-11(5-6-12(13)23-10(3)21)8-16-18-14-19-17-9(2)20(14)15;;/h5-8H,4,15H2,1-3H3,(H,18,19);2*1H/b16-8+;;. The number of carbonyl (C=O) groups is 1. The van der Waals surface area contributed by atoms with Crippen LogP contribution in [0.1, 0.15) is 25.2 Å². The smallest absolute Gasteiger partial charge is 0.308 e. The van der Waals surface area contributed by atoms with E-state index in [4.69, 9.17) is 15.3 Å². The summed E-state index contributed by atoms with van der Waals surface area (Å²) in [5, 5.41) is 11.7. The largest absolute Gasteiger partial charge is 0.490 e. The molecule has 0 amide bonds. The molecule has 0 saturated carbocycles. The molecule has 0 aliphatic heterocycles. The van der Waals surface area contributed by atoms with Gasteiger partial charge < -0.3 is 15.3 Å². The molecule has 0 bridgehead atoms. The van der Waals surface area contributed by atoms with Gasteiger partial charge >= 0.3 is 5.97 Å². The van der Waals surface area contributed by atoms with Gasteiger partial charge in [-0.15, -0.1) is 35.0 Å². The Kier molecular flexibility index (Phi) is 9.32. The SMILES string of the molecule is CCOc1cc(/C=N/Nc2nnc(C)n2N)ccc1OC(C)=O.Cl.Cl. The number of hydrazone groups is 1. The molecule has 138 valence electrons. The summed E-state index contributed by atoms with van der Waals surface area (Å²) in [5.74, 6) is 7.00. The lowest BCUT2D eigenvalue weighted by atomic mass is 10.2. The van der Waals surface area contributed by atoms with Gasteiger partial charge in [0, 0.05) is 6.92 Å². The van der Waals surface area contributed by atoms with E-state index in [0.29, 0.717) is 29.9 Å². The first kappa shape index (κ1) is 22.5. The molecule has 0 aliphatic rings. The van der Waals surface area contributed by atoms with E-state index in [1.165, 1.54) is 11.6 Å². The van der Waals surface area contributed by atoms with E-state index in [9.17, 15) is 4.79 Å². The first-order chi connectivity index (χ1) is 11.0. The lowest BCUT2D eigenvalue weighted by molar-refractivity contribution is -0.132. The first-order valence-corrected chi connectivity index (χ1v) is 6.92. The maximum absolute atomic E-state index is 11.1. The number of rotatable bonds is 6. The van der Waals surface area contributed by atoms with Crippen LogP contribution in [0.25, 0.3) is 0 Å². The normalized spacial score (nSPS) is 9.88. The number of halogens is 2. The van der Waals surface area contributed by atoms with Gasteiger partial charge in [0.2, 0.25) is 0 Å². The van der Waals surface area contributed by atoms with Crippen molar-refractivity contribution in [2.45, 2.75) is 20.8 Å². The molecule has 1 heterocycles. The summed E-state index contributed by atoms with van der Waals surface area (Å²) in [7, 11) is 0. The van der Waals surface area contributed by atoms with E-state index >= 15 is 0 Å². The van der Waals surface area contributed by atoms with Crippen molar-refractivity contribution >= 4 is 42.9 Å². The molecular formula is C14H20Cl2N6O3. The fourth-order valence-electron chi connectivity index (χ4n) is 1.72. The van der Waals surface area contributed by atoms with E-state index in [0.717, 1.165) is 5.56 Å². The molecule has 0 aliphatic carbocycles. The monoisotopic (exact) mass is 390 g/mol. The minimum Gasteiger partial charge on any atom is -0.490 e. The maximum Gasteiger partial charge on any atom is 0.308 e. The number of hydrogen-bond acceptors (Lipinski definition) is 8. The predicted molar refractivity (Wildman–Crippen MR) is 99.5 cm³/mol. The zero-order valence-electron chi connectivity index (χ0n) is 13.9. The molecular weight excluding hydrogens is 371 g/mol. The van der Waals surface area contributed by atoms with Crippen molar-refractivity contribution in [3.63, 3.8) is 0 Å². The van der Waals surface area contributed by atoms with Gasteiger partial charge in [-0.1, -0.05) is 0 Å². The van der Waals surface area contributed by atoms with Crippen molar-refractivity contribution < 1.29 is 14.3 Å². The lowest BCUT2D eigenvalue weighted by Crippen LogP contribution is -2.13. The summed E-state index contributed by atoms with van der Waals surface area (Å²) in [6, 6.07) is 5.10. The summed E-state index contributed by atoms with van der Waals surface area (Å²) < 4.78 is 11.8. The zero-order chi connectivity index (χ0) is 16.8. The topological polar surface area (TPSA) is 117 Å². The number of nitrogen functional groups attached to an aromatic ring is 1. The third-order valence-electron chi connectivity index (χ3n) is 2.77. The number of ether oxygens (including phenoxy) is 2. The molecule has 25 heavy (non-hydrogen) atoms. The number of nitrogens with one attached hydrogen (secondary N) is 1. The van der Waals surface area contributed by atoms with Crippen molar-refractivity contribution in [3.05, 3.63) is 29.6 Å². The quantitative estimate of drug-likeness (QED) is 0.254. The number of hydrogen-bond donors (Lipinski definition) is 2. The van der Waals surface area contributed by atoms with Crippen molar-refractivity contribution in [1.29, 1.82) is 0 Å². The van der Waals surface area contributed by atoms with E-state index < -0.39 is 5.97 Å². The molecule has 2 rings (SSSR count). The second-order valence-corrected chi connectivity index (χ2v) is 4.54. The fraction of sp³-hybridized carbons (Fsp3) is 0.286. The minimum absolute atomic E-state index is 0. The van der Waals surface area contributed by atoms with Crippen molar-refractivity contribution in [2.24, 2.45) is 5.10 Å². The summed E-state index contributed by atoms with van der Waals surface area (Å²) in [5.41, 5.74) is 3.44. The highest BCUT2D eigenvalue weighted by Gasteiger charge is 2.08. The van der Waals surface area contributed by atoms with Crippen LogP contribution in [0.3, 0.4) is 0 Å². The number of carbonyl (C=O) groups excluding carboxylic acids is 1. The van der Waals surface area contributed by atoms with E-state index in [1.54, 1.807) is 31.3 Å². The number of nitrogens with zero attached hydrogens (tertiary/aromatic N) is 4. The van der Waals surface area contributed by atoms with Gasteiger partial charge in [0.05, 0.1) is 12.8 Å². The number of esters is 1. The number of aromatic nitrogens is 3. The second-order valence-electron chi connectivity index (χ2n) is 4.54. The van der Waals surface area contributed by atoms with Gasteiger partial charge in [0.25, 0.3) is 5.95 Å². The molecule has 11 heteroatoms. The van der Waals surface area contributed by atoms with Crippen molar-refractivity contribution in [3.8, 4) is 11.5 Å². The molecule has 3 N–H and O–H groups in total. The fourth-order valence-corrected chi connectivity index (χ4v) is 1.72. The Hall–Kier alpha value is -2.52. The number of benzene rings is 1. The predicted octanol–water partition coefficient (Wildman–Crippen LogP) is 1.91. The third-order valence-corrected chi connectivity index (χ3v) is 2.77. The van der Waals surface area contributed by atoms with Crippen LogP contribution in [0.15, 0.2) is 23.3 Å². The van der Waals surface area contributed by atoms with Crippen LogP contribution in [-0.2, 0) is 4.79 Å². The Labute approximate surface area is 157 Å². The van der Waals surface area contributed by atoms with Crippen LogP contribution in [0.5, 0.6) is 11.5 Å². The van der Waals surface area contributed by atoms with Crippen LogP contribution in [0, 0.1) is 6.92 Å². The summed E-state index contributed by atoms with van der Waals surface area (Å²) >= 11 is 0. The highest BCUT2D eigenvalue weighted by Crippen LogP contribution is 2.28. The van der Waals surface area contributed by atoms with Crippen LogP contribution in [-0.4, -0.2) is 33.7 Å². The van der Waals surface area contributed by atoms with Crippen LogP contribution in [0.4, 0.5) is 5.95 Å². The van der Waals surface area contributed by atoms with Crippen molar-refractivity contribution in [1.82, 2.24) is 14.9 Å². The molecule has 1 aromatic carbocycles. The Morgan fingerprint density at radius 1 is 1.36 bits per heavy atom. The summed E-state index contributed by atoms with van der Waals surface area (Å²) in [6.07, 6.45) is 1.56. The molecule has 0 saturated heterocycles. The molecule has 0 unspecified atom stereocenters. The third kappa shape index (κ3) is 6.12. The lowest BCUT2D eigenvalue weighted by Gasteiger charge is -2.10. The highest BCUT2D eigenvalue weighted by atomic mass is 35.5. The van der Waals surface area contributed by atoms with Crippen LogP contribution >= 0.6 is 24.8 Å². The van der Waals surface area contributed by atoms with Gasteiger partial charge in [0.1, 0.15) is 0 Å². The van der Waals surface area contributed by atoms with Crippen LogP contribution < -0.4 is 20.7 Å². The molecule has 0 fully saturated rings. The van der Waals surface area contributed by atoms with Crippen molar-refractivity contribution in [2.75, 3.05) is 17.9 Å². The molecule has 9 nitrogen and oxygen atoms in total. The van der Waals surface area contributed by atoms with E-state index in [2.05, 4.69) is 20.7 Å².